The average Bonchev–Trinajstić information content (AvgIpc) is 2.75. The standard InChI is InChI=1S/C12H24N2O2S2/c1-12-4-9-17-10-7-14(12)18(15,16)11-8-13-5-2-3-6-13/h12H,2-11H2,1H3. The molecule has 4 nitrogen and oxygen atoms in total. The molecule has 0 aromatic carbocycles. The molecule has 2 aliphatic heterocycles. The summed E-state index contributed by atoms with van der Waals surface area (Å²) in [6.45, 7) is 5.58. The van der Waals surface area contributed by atoms with Crippen LogP contribution in [0.2, 0.25) is 0 Å². The number of likely N-dealkylation sites (tertiary alicyclic amines) is 1. The second-order valence-corrected chi connectivity index (χ2v) is 8.49. The van der Waals surface area contributed by atoms with E-state index in [9.17, 15) is 8.42 Å². The van der Waals surface area contributed by atoms with Crippen LogP contribution in [0.25, 0.3) is 0 Å². The third-order valence-electron chi connectivity index (χ3n) is 3.85. The first-order valence-electron chi connectivity index (χ1n) is 6.89. The van der Waals surface area contributed by atoms with Crippen molar-refractivity contribution in [1.29, 1.82) is 0 Å². The van der Waals surface area contributed by atoms with Crippen molar-refractivity contribution >= 4 is 21.8 Å². The Kier molecular flexibility index (Phi) is 5.35. The van der Waals surface area contributed by atoms with Gasteiger partial charge in [-0.05, 0) is 45.0 Å². The van der Waals surface area contributed by atoms with Crippen LogP contribution >= 0.6 is 11.8 Å². The fraction of sp³-hybridized carbons (Fsp3) is 1.00. The van der Waals surface area contributed by atoms with Gasteiger partial charge in [-0.25, -0.2) is 8.42 Å². The zero-order valence-electron chi connectivity index (χ0n) is 11.2. The molecule has 2 aliphatic rings. The molecule has 18 heavy (non-hydrogen) atoms. The van der Waals surface area contributed by atoms with Gasteiger partial charge in [0.25, 0.3) is 0 Å². The molecule has 0 amide bonds. The first-order chi connectivity index (χ1) is 8.59. The number of thioether (sulfide) groups is 1. The van der Waals surface area contributed by atoms with Gasteiger partial charge in [0.1, 0.15) is 0 Å². The highest BCUT2D eigenvalue weighted by atomic mass is 32.2. The van der Waals surface area contributed by atoms with Crippen LogP contribution in [0.5, 0.6) is 0 Å². The monoisotopic (exact) mass is 292 g/mol. The van der Waals surface area contributed by atoms with Crippen LogP contribution in [0, 0.1) is 0 Å². The Morgan fingerprint density at radius 1 is 1.17 bits per heavy atom. The number of hydrogen-bond donors (Lipinski definition) is 0. The summed E-state index contributed by atoms with van der Waals surface area (Å²) in [7, 11) is -3.07. The lowest BCUT2D eigenvalue weighted by molar-refractivity contribution is 0.333. The molecule has 106 valence electrons. The Labute approximate surface area is 115 Å². The van der Waals surface area contributed by atoms with E-state index in [0.29, 0.717) is 18.8 Å². The Balaban J connectivity index is 1.91. The van der Waals surface area contributed by atoms with Crippen molar-refractivity contribution in [2.24, 2.45) is 0 Å². The maximum atomic E-state index is 12.4. The van der Waals surface area contributed by atoms with Crippen LogP contribution < -0.4 is 0 Å². The van der Waals surface area contributed by atoms with Gasteiger partial charge in [-0.2, -0.15) is 16.1 Å². The summed E-state index contributed by atoms with van der Waals surface area (Å²) in [5, 5.41) is 0. The Morgan fingerprint density at radius 2 is 1.89 bits per heavy atom. The highest BCUT2D eigenvalue weighted by molar-refractivity contribution is 7.99. The number of hydrogen-bond acceptors (Lipinski definition) is 4. The molecule has 1 unspecified atom stereocenters. The van der Waals surface area contributed by atoms with E-state index < -0.39 is 10.0 Å². The smallest absolute Gasteiger partial charge is 0.215 e. The fourth-order valence-corrected chi connectivity index (χ4v) is 5.56. The van der Waals surface area contributed by atoms with Crippen molar-refractivity contribution in [3.8, 4) is 0 Å². The molecule has 0 bridgehead atoms. The van der Waals surface area contributed by atoms with E-state index in [0.717, 1.165) is 31.0 Å². The average molecular weight is 292 g/mol. The van der Waals surface area contributed by atoms with Gasteiger partial charge in [0, 0.05) is 24.9 Å². The van der Waals surface area contributed by atoms with E-state index in [1.54, 1.807) is 4.31 Å². The maximum Gasteiger partial charge on any atom is 0.215 e. The van der Waals surface area contributed by atoms with E-state index in [2.05, 4.69) is 4.90 Å². The second kappa shape index (κ2) is 6.59. The van der Waals surface area contributed by atoms with Crippen LogP contribution in [0.4, 0.5) is 0 Å². The van der Waals surface area contributed by atoms with E-state index in [-0.39, 0.29) is 6.04 Å². The highest BCUT2D eigenvalue weighted by Crippen LogP contribution is 2.19. The van der Waals surface area contributed by atoms with Gasteiger partial charge < -0.3 is 4.90 Å². The lowest BCUT2D eigenvalue weighted by Gasteiger charge is -2.27. The fourth-order valence-electron chi connectivity index (χ4n) is 2.66. The van der Waals surface area contributed by atoms with E-state index in [1.165, 1.54) is 12.8 Å². The highest BCUT2D eigenvalue weighted by Gasteiger charge is 2.29. The van der Waals surface area contributed by atoms with Gasteiger partial charge in [-0.15, -0.1) is 0 Å². The second-order valence-electron chi connectivity index (χ2n) is 5.23. The maximum absolute atomic E-state index is 12.4. The molecule has 0 saturated carbocycles. The molecule has 2 rings (SSSR count). The summed E-state index contributed by atoms with van der Waals surface area (Å²) in [5.74, 6) is 2.31. The SMILES string of the molecule is CC1CCSCCN1S(=O)(=O)CCN1CCCC1. The molecule has 1 atom stereocenters. The van der Waals surface area contributed by atoms with E-state index in [1.807, 2.05) is 18.7 Å². The van der Waals surface area contributed by atoms with Crippen LogP contribution in [0.1, 0.15) is 26.2 Å². The summed E-state index contributed by atoms with van der Waals surface area (Å²) >= 11 is 1.87. The van der Waals surface area contributed by atoms with E-state index in [4.69, 9.17) is 0 Å². The molecule has 0 aromatic heterocycles. The molecule has 0 spiro atoms. The Bertz CT molecular complexity index is 353. The van der Waals surface area contributed by atoms with Crippen molar-refractivity contribution < 1.29 is 8.42 Å². The van der Waals surface area contributed by atoms with Gasteiger partial charge in [0.15, 0.2) is 0 Å². The molecule has 0 aliphatic carbocycles. The van der Waals surface area contributed by atoms with Crippen molar-refractivity contribution in [2.45, 2.75) is 32.2 Å². The summed E-state index contributed by atoms with van der Waals surface area (Å²) in [5.41, 5.74) is 0. The lowest BCUT2D eigenvalue weighted by atomic mass is 10.3. The zero-order chi connectivity index (χ0) is 13.0. The molecule has 2 heterocycles. The Hall–Kier alpha value is 0.220. The van der Waals surface area contributed by atoms with Gasteiger partial charge in [-0.1, -0.05) is 0 Å². The molecule has 0 N–H and O–H groups in total. The topological polar surface area (TPSA) is 40.6 Å². The molecule has 0 aromatic rings. The van der Waals surface area contributed by atoms with Crippen LogP contribution in [-0.4, -0.2) is 67.1 Å². The van der Waals surface area contributed by atoms with Crippen molar-refractivity contribution in [3.63, 3.8) is 0 Å². The van der Waals surface area contributed by atoms with Gasteiger partial charge in [-0.3, -0.25) is 0 Å². The third kappa shape index (κ3) is 3.85. The largest absolute Gasteiger partial charge is 0.302 e. The summed E-state index contributed by atoms with van der Waals surface area (Å²) in [6.07, 6.45) is 3.42. The van der Waals surface area contributed by atoms with Crippen molar-refractivity contribution in [1.82, 2.24) is 9.21 Å². The number of nitrogens with zero attached hydrogens (tertiary/aromatic N) is 2. The quantitative estimate of drug-likeness (QED) is 0.782. The first kappa shape index (κ1) is 14.6. The lowest BCUT2D eigenvalue weighted by Crippen LogP contribution is -2.42. The summed E-state index contributed by atoms with van der Waals surface area (Å²) < 4.78 is 26.5. The van der Waals surface area contributed by atoms with Crippen LogP contribution in [0.15, 0.2) is 0 Å². The minimum Gasteiger partial charge on any atom is -0.302 e. The molecule has 2 fully saturated rings. The minimum atomic E-state index is -3.07. The third-order valence-corrected chi connectivity index (χ3v) is 6.80. The first-order valence-corrected chi connectivity index (χ1v) is 9.65. The minimum absolute atomic E-state index is 0.170. The van der Waals surface area contributed by atoms with Gasteiger partial charge in [0.2, 0.25) is 10.0 Å². The molecule has 6 heteroatoms. The zero-order valence-corrected chi connectivity index (χ0v) is 12.8. The molecular weight excluding hydrogens is 268 g/mol. The predicted molar refractivity (Wildman–Crippen MR) is 77.6 cm³/mol. The van der Waals surface area contributed by atoms with Crippen molar-refractivity contribution in [2.75, 3.05) is 43.4 Å². The van der Waals surface area contributed by atoms with Gasteiger partial charge >= 0.3 is 0 Å². The van der Waals surface area contributed by atoms with E-state index >= 15 is 0 Å². The number of rotatable bonds is 4. The molecule has 0 radical (unpaired) electrons. The van der Waals surface area contributed by atoms with Crippen molar-refractivity contribution in [3.05, 3.63) is 0 Å². The Morgan fingerprint density at radius 3 is 2.61 bits per heavy atom. The number of sulfonamides is 1. The summed E-state index contributed by atoms with van der Waals surface area (Å²) in [4.78, 5) is 2.27. The molecular formula is C12H24N2O2S2. The predicted octanol–water partition coefficient (Wildman–Crippen LogP) is 1.24. The molecule has 2 saturated heterocycles. The summed E-state index contributed by atoms with van der Waals surface area (Å²) in [6, 6.07) is 0.170. The normalized spacial score (nSPS) is 28.4. The van der Waals surface area contributed by atoms with Gasteiger partial charge in [0.05, 0.1) is 5.75 Å². The van der Waals surface area contributed by atoms with Crippen LogP contribution in [0.3, 0.4) is 0 Å². The van der Waals surface area contributed by atoms with Crippen LogP contribution in [-0.2, 0) is 10.0 Å².